The van der Waals surface area contributed by atoms with Gasteiger partial charge in [-0.05, 0) is 38.9 Å². The van der Waals surface area contributed by atoms with Crippen LogP contribution in [-0.4, -0.2) is 42.5 Å². The van der Waals surface area contributed by atoms with E-state index in [1.807, 2.05) is 13.0 Å². The average molecular weight is 360 g/mol. The fraction of sp³-hybridized carbons (Fsp3) is 0.500. The highest BCUT2D eigenvalue weighted by molar-refractivity contribution is 7.13. The molecule has 0 saturated heterocycles. The summed E-state index contributed by atoms with van der Waals surface area (Å²) in [6.45, 7) is 6.88. The van der Waals surface area contributed by atoms with Crippen LogP contribution in [0.2, 0.25) is 0 Å². The van der Waals surface area contributed by atoms with Crippen molar-refractivity contribution in [2.24, 2.45) is 5.92 Å². The summed E-state index contributed by atoms with van der Waals surface area (Å²) in [5.74, 6) is 0.537. The van der Waals surface area contributed by atoms with Gasteiger partial charge in [-0.25, -0.2) is 4.98 Å². The molecule has 0 bridgehead atoms. The number of aryl methyl sites for hydroxylation is 1. The molecule has 136 valence electrons. The molecule has 1 amide bonds. The number of nitrogens with zero attached hydrogens (tertiary/aromatic N) is 2. The van der Waals surface area contributed by atoms with Gasteiger partial charge in [0.2, 0.25) is 0 Å². The van der Waals surface area contributed by atoms with E-state index in [1.165, 1.54) is 16.9 Å². The van der Waals surface area contributed by atoms with Crippen molar-refractivity contribution in [2.45, 2.75) is 39.7 Å². The molecule has 0 aliphatic heterocycles. The normalized spacial score (nSPS) is 12.6. The minimum absolute atomic E-state index is 0.00934. The number of amides is 1. The van der Waals surface area contributed by atoms with Crippen molar-refractivity contribution in [3.8, 4) is 0 Å². The first kappa shape index (κ1) is 19.6. The van der Waals surface area contributed by atoms with E-state index in [1.54, 1.807) is 0 Å². The van der Waals surface area contributed by atoms with Crippen LogP contribution in [0, 0.1) is 12.8 Å². The zero-order valence-corrected chi connectivity index (χ0v) is 16.7. The number of nitrogens with one attached hydrogen (secondary N) is 1. The van der Waals surface area contributed by atoms with E-state index in [0.29, 0.717) is 12.5 Å². The maximum Gasteiger partial charge on any atom is 0.263 e. The van der Waals surface area contributed by atoms with Gasteiger partial charge in [0.05, 0.1) is 10.7 Å². The van der Waals surface area contributed by atoms with Crippen molar-refractivity contribution in [3.05, 3.63) is 51.5 Å². The van der Waals surface area contributed by atoms with Crippen LogP contribution in [0.5, 0.6) is 0 Å². The molecule has 25 heavy (non-hydrogen) atoms. The van der Waals surface area contributed by atoms with Crippen LogP contribution < -0.4 is 5.32 Å². The van der Waals surface area contributed by atoms with Gasteiger partial charge in [-0.15, -0.1) is 11.3 Å². The van der Waals surface area contributed by atoms with E-state index in [0.717, 1.165) is 28.4 Å². The second-order valence-electron chi connectivity index (χ2n) is 7.14. The monoisotopic (exact) mass is 359 g/mol. The van der Waals surface area contributed by atoms with Crippen molar-refractivity contribution in [2.75, 3.05) is 20.6 Å². The quantitative estimate of drug-likeness (QED) is 0.784. The number of hydrogen-bond acceptors (Lipinski definition) is 4. The van der Waals surface area contributed by atoms with Crippen LogP contribution in [0.1, 0.15) is 39.8 Å². The number of hydrogen-bond donors (Lipinski definition) is 1. The number of likely N-dealkylation sites (N-methyl/N-ethyl adjacent to an activating group) is 1. The Morgan fingerprint density at radius 2 is 1.88 bits per heavy atom. The second kappa shape index (κ2) is 9.11. The molecular weight excluding hydrogens is 330 g/mol. The first-order chi connectivity index (χ1) is 11.9. The Morgan fingerprint density at radius 3 is 2.48 bits per heavy atom. The lowest BCUT2D eigenvalue weighted by Gasteiger charge is -2.24. The first-order valence-corrected chi connectivity index (χ1v) is 9.63. The van der Waals surface area contributed by atoms with Gasteiger partial charge in [-0.1, -0.05) is 44.2 Å². The standard InChI is InChI=1S/C20H29N3OS/c1-14(2)11-18-22-15(3)19(25-18)20(24)21-13-17(23(4)5)12-16-9-7-6-8-10-16/h6-10,14,17H,11-13H2,1-5H3,(H,21,24). The molecule has 0 spiro atoms. The zero-order chi connectivity index (χ0) is 18.4. The molecule has 2 rings (SSSR count). The Hall–Kier alpha value is -1.72. The van der Waals surface area contributed by atoms with Crippen molar-refractivity contribution >= 4 is 17.2 Å². The summed E-state index contributed by atoms with van der Waals surface area (Å²) in [5, 5.41) is 4.15. The maximum absolute atomic E-state index is 12.6. The molecular formula is C20H29N3OS. The summed E-state index contributed by atoms with van der Waals surface area (Å²) < 4.78 is 0. The highest BCUT2D eigenvalue weighted by atomic mass is 32.1. The van der Waals surface area contributed by atoms with Crippen LogP contribution in [-0.2, 0) is 12.8 Å². The number of thiazole rings is 1. The number of carbonyl (C=O) groups excluding carboxylic acids is 1. The van der Waals surface area contributed by atoms with Crippen LogP contribution in [0.25, 0.3) is 0 Å². The molecule has 1 heterocycles. The molecule has 0 aliphatic rings. The van der Waals surface area contributed by atoms with Gasteiger partial charge in [0, 0.05) is 19.0 Å². The van der Waals surface area contributed by atoms with Crippen molar-refractivity contribution in [1.82, 2.24) is 15.2 Å². The number of benzene rings is 1. The van der Waals surface area contributed by atoms with Crippen LogP contribution >= 0.6 is 11.3 Å². The van der Waals surface area contributed by atoms with Crippen molar-refractivity contribution in [1.29, 1.82) is 0 Å². The van der Waals surface area contributed by atoms with Gasteiger partial charge >= 0.3 is 0 Å². The summed E-state index contributed by atoms with van der Waals surface area (Å²) >= 11 is 1.52. The minimum atomic E-state index is -0.00934. The number of carbonyl (C=O) groups is 1. The smallest absolute Gasteiger partial charge is 0.263 e. The molecule has 1 unspecified atom stereocenters. The zero-order valence-electron chi connectivity index (χ0n) is 15.9. The van der Waals surface area contributed by atoms with Crippen LogP contribution in [0.4, 0.5) is 0 Å². The lowest BCUT2D eigenvalue weighted by molar-refractivity contribution is 0.0945. The third kappa shape index (κ3) is 5.94. The number of rotatable bonds is 8. The molecule has 0 radical (unpaired) electrons. The van der Waals surface area contributed by atoms with Crippen LogP contribution in [0.15, 0.2) is 30.3 Å². The number of aromatic nitrogens is 1. The molecule has 2 aromatic rings. The van der Waals surface area contributed by atoms with E-state index in [4.69, 9.17) is 0 Å². The summed E-state index contributed by atoms with van der Waals surface area (Å²) in [5.41, 5.74) is 2.12. The largest absolute Gasteiger partial charge is 0.350 e. The predicted molar refractivity (Wildman–Crippen MR) is 105 cm³/mol. The third-order valence-corrected chi connectivity index (χ3v) is 5.35. The molecule has 0 saturated carbocycles. The van der Waals surface area contributed by atoms with E-state index in [9.17, 15) is 4.79 Å². The summed E-state index contributed by atoms with van der Waals surface area (Å²) in [6, 6.07) is 10.6. The highest BCUT2D eigenvalue weighted by Crippen LogP contribution is 2.20. The molecule has 1 N–H and O–H groups in total. The molecule has 0 aliphatic carbocycles. The summed E-state index contributed by atoms with van der Waals surface area (Å²) in [6.07, 6.45) is 1.83. The Morgan fingerprint density at radius 1 is 1.20 bits per heavy atom. The van der Waals surface area contributed by atoms with Crippen molar-refractivity contribution in [3.63, 3.8) is 0 Å². The fourth-order valence-electron chi connectivity index (χ4n) is 2.71. The van der Waals surface area contributed by atoms with Gasteiger partial charge in [0.15, 0.2) is 0 Å². The molecule has 1 aromatic carbocycles. The Balaban J connectivity index is 1.98. The lowest BCUT2D eigenvalue weighted by atomic mass is 10.1. The molecule has 1 atom stereocenters. The van der Waals surface area contributed by atoms with Gasteiger partial charge < -0.3 is 10.2 Å². The molecule has 4 nitrogen and oxygen atoms in total. The van der Waals surface area contributed by atoms with Gasteiger partial charge in [-0.2, -0.15) is 0 Å². The Labute approximate surface area is 155 Å². The Bertz CT molecular complexity index is 680. The third-order valence-electron chi connectivity index (χ3n) is 4.17. The summed E-state index contributed by atoms with van der Waals surface area (Å²) in [4.78, 5) is 20.0. The van der Waals surface area contributed by atoms with Crippen molar-refractivity contribution < 1.29 is 4.79 Å². The topological polar surface area (TPSA) is 45.2 Å². The second-order valence-corrected chi connectivity index (χ2v) is 8.22. The van der Waals surface area contributed by atoms with E-state index < -0.39 is 0 Å². The minimum Gasteiger partial charge on any atom is -0.350 e. The average Bonchev–Trinajstić information content (AvgIpc) is 2.91. The van der Waals surface area contributed by atoms with E-state index in [-0.39, 0.29) is 11.9 Å². The first-order valence-electron chi connectivity index (χ1n) is 8.81. The molecule has 1 aromatic heterocycles. The highest BCUT2D eigenvalue weighted by Gasteiger charge is 2.18. The van der Waals surface area contributed by atoms with E-state index in [2.05, 4.69) is 67.4 Å². The van der Waals surface area contributed by atoms with Gasteiger partial charge in [0.1, 0.15) is 4.88 Å². The molecule has 0 fully saturated rings. The SMILES string of the molecule is Cc1nc(CC(C)C)sc1C(=O)NCC(Cc1ccccc1)N(C)C. The predicted octanol–water partition coefficient (Wildman–Crippen LogP) is 3.55. The fourth-order valence-corrected chi connectivity index (χ4v) is 3.91. The Kier molecular flexibility index (Phi) is 7.14. The molecule has 5 heteroatoms. The summed E-state index contributed by atoms with van der Waals surface area (Å²) in [7, 11) is 4.11. The lowest BCUT2D eigenvalue weighted by Crippen LogP contribution is -2.41. The van der Waals surface area contributed by atoms with Gasteiger partial charge in [-0.3, -0.25) is 4.79 Å². The maximum atomic E-state index is 12.6. The van der Waals surface area contributed by atoms with Crippen LogP contribution in [0.3, 0.4) is 0 Å². The van der Waals surface area contributed by atoms with E-state index >= 15 is 0 Å². The van der Waals surface area contributed by atoms with Gasteiger partial charge in [0.25, 0.3) is 5.91 Å².